The fourth-order valence-electron chi connectivity index (χ4n) is 9.96. The van der Waals surface area contributed by atoms with Crippen LogP contribution in [0.15, 0.2) is 243 Å². The van der Waals surface area contributed by atoms with E-state index in [1.807, 2.05) is 12.1 Å². The third-order valence-electron chi connectivity index (χ3n) is 13.2. The molecule has 4 nitrogen and oxygen atoms in total. The summed E-state index contributed by atoms with van der Waals surface area (Å²) in [5.74, 6) is 0.685. The summed E-state index contributed by atoms with van der Waals surface area (Å²) in [7, 11) is 0. The van der Waals surface area contributed by atoms with Crippen LogP contribution in [0.4, 0.5) is 0 Å². The fraction of sp³-hybridized carbons (Fsp3) is 0. The van der Waals surface area contributed by atoms with Gasteiger partial charge < -0.3 is 4.57 Å². The van der Waals surface area contributed by atoms with Gasteiger partial charge in [0.15, 0.2) is 5.82 Å². The third-order valence-corrected chi connectivity index (χ3v) is 13.2. The van der Waals surface area contributed by atoms with Gasteiger partial charge in [-0.3, -0.25) is 0 Å². The zero-order valence-electron chi connectivity index (χ0n) is 36.4. The summed E-state index contributed by atoms with van der Waals surface area (Å²) in [5.41, 5.74) is 15.8. The molecule has 0 atom stereocenters. The van der Waals surface area contributed by atoms with E-state index in [0.717, 1.165) is 78.0 Å². The summed E-state index contributed by atoms with van der Waals surface area (Å²) in [5, 5.41) is 8.38. The second-order valence-electron chi connectivity index (χ2n) is 17.1. The maximum atomic E-state index is 5.62. The van der Waals surface area contributed by atoms with Crippen LogP contribution in [0.2, 0.25) is 0 Å². The van der Waals surface area contributed by atoms with Crippen LogP contribution in [0.1, 0.15) is 0 Å². The van der Waals surface area contributed by atoms with E-state index in [9.17, 15) is 0 Å². The molecule has 13 rings (SSSR count). The highest BCUT2D eigenvalue weighted by molar-refractivity contribution is 6.24. The Hall–Kier alpha value is -8.99. The molecule has 3 heterocycles. The van der Waals surface area contributed by atoms with Gasteiger partial charge in [-0.25, -0.2) is 15.0 Å². The zero-order chi connectivity index (χ0) is 44.3. The first-order chi connectivity index (χ1) is 33.2. The van der Waals surface area contributed by atoms with E-state index in [4.69, 9.17) is 15.0 Å². The predicted molar refractivity (Wildman–Crippen MR) is 279 cm³/mol. The quantitative estimate of drug-likeness (QED) is 0.150. The molecule has 312 valence electrons. The van der Waals surface area contributed by atoms with E-state index >= 15 is 0 Å². The number of aromatic nitrogens is 4. The standard InChI is InChI=1S/C63H40N4/c1-3-14-41(15-4-1)42-26-32-48(33-27-42)63-64-56(45-17-5-2-6-18-45)40-57(65-63)46-28-30-47(31-29-46)61-55-39-36-43-16-7-8-19-50(43)60(55)54-23-13-22-51(62(54)66-61)44-34-37-49(38-35-44)67-58-24-11-9-20-52(58)53-21-10-12-25-59(53)67/h1-40H. The Morgan fingerprint density at radius 1 is 0.299 bits per heavy atom. The highest BCUT2D eigenvalue weighted by atomic mass is 15.0. The molecule has 0 unspecified atom stereocenters. The number of fused-ring (bicyclic) bond motifs is 8. The highest BCUT2D eigenvalue weighted by Crippen LogP contribution is 2.41. The van der Waals surface area contributed by atoms with E-state index in [-0.39, 0.29) is 0 Å². The molecule has 4 heteroatoms. The van der Waals surface area contributed by atoms with E-state index in [1.54, 1.807) is 0 Å². The number of benzene rings is 10. The van der Waals surface area contributed by atoms with Gasteiger partial charge in [0.25, 0.3) is 0 Å². The van der Waals surface area contributed by atoms with Crippen LogP contribution in [-0.4, -0.2) is 19.5 Å². The number of pyridine rings is 1. The van der Waals surface area contributed by atoms with Gasteiger partial charge in [0, 0.05) is 60.4 Å². The number of rotatable bonds is 7. The van der Waals surface area contributed by atoms with Crippen molar-refractivity contribution in [2.24, 2.45) is 0 Å². The molecule has 0 aliphatic heterocycles. The molecule has 0 N–H and O–H groups in total. The molecule has 10 aromatic carbocycles. The summed E-state index contributed by atoms with van der Waals surface area (Å²) in [4.78, 5) is 15.9. The Labute approximate surface area is 387 Å². The summed E-state index contributed by atoms with van der Waals surface area (Å²) in [6.45, 7) is 0. The fourth-order valence-corrected chi connectivity index (χ4v) is 9.96. The Kier molecular flexibility index (Phi) is 9.14. The Morgan fingerprint density at radius 2 is 0.806 bits per heavy atom. The molecule has 0 aliphatic carbocycles. The minimum absolute atomic E-state index is 0.685. The summed E-state index contributed by atoms with van der Waals surface area (Å²) >= 11 is 0. The minimum Gasteiger partial charge on any atom is -0.309 e. The molecular weight excluding hydrogens is 813 g/mol. The summed E-state index contributed by atoms with van der Waals surface area (Å²) in [6.07, 6.45) is 0. The SMILES string of the molecule is c1ccc(-c2ccc(-c3nc(-c4ccccc4)cc(-c4ccc(-c5nc6c(-c7ccc(-n8c9ccccc9c9ccccc98)cc7)cccc6c6c5ccc5ccccc56)cc4)n3)cc2)cc1. The number of nitrogens with zero attached hydrogens (tertiary/aromatic N) is 4. The third kappa shape index (κ3) is 6.65. The number of para-hydroxylation sites is 3. The van der Waals surface area contributed by atoms with Gasteiger partial charge in [-0.15, -0.1) is 0 Å². The molecule has 0 bridgehead atoms. The molecule has 0 saturated carbocycles. The lowest BCUT2D eigenvalue weighted by atomic mass is 9.92. The first-order valence-electron chi connectivity index (χ1n) is 22.8. The van der Waals surface area contributed by atoms with Gasteiger partial charge in [-0.05, 0) is 57.8 Å². The lowest BCUT2D eigenvalue weighted by molar-refractivity contribution is 1.18. The van der Waals surface area contributed by atoms with Crippen molar-refractivity contribution in [1.82, 2.24) is 19.5 Å². The van der Waals surface area contributed by atoms with Crippen molar-refractivity contribution in [3.05, 3.63) is 243 Å². The normalized spacial score (nSPS) is 11.6. The van der Waals surface area contributed by atoms with Gasteiger partial charge in [0.1, 0.15) is 0 Å². The molecule has 3 aromatic heterocycles. The van der Waals surface area contributed by atoms with Crippen LogP contribution in [0.25, 0.3) is 127 Å². The maximum absolute atomic E-state index is 5.62. The van der Waals surface area contributed by atoms with E-state index in [2.05, 4.69) is 235 Å². The molecule has 0 fully saturated rings. The van der Waals surface area contributed by atoms with Crippen LogP contribution in [0.3, 0.4) is 0 Å². The first-order valence-corrected chi connectivity index (χ1v) is 22.8. The van der Waals surface area contributed by atoms with Crippen molar-refractivity contribution in [3.8, 4) is 73.1 Å². The topological polar surface area (TPSA) is 43.6 Å². The molecule has 0 aliphatic rings. The summed E-state index contributed by atoms with van der Waals surface area (Å²) in [6, 6.07) is 86.2. The Morgan fingerprint density at radius 3 is 1.49 bits per heavy atom. The van der Waals surface area contributed by atoms with Crippen molar-refractivity contribution in [3.63, 3.8) is 0 Å². The highest BCUT2D eigenvalue weighted by Gasteiger charge is 2.18. The van der Waals surface area contributed by atoms with Crippen molar-refractivity contribution in [2.75, 3.05) is 0 Å². The van der Waals surface area contributed by atoms with Crippen LogP contribution in [0.5, 0.6) is 0 Å². The molecule has 0 saturated heterocycles. The van der Waals surface area contributed by atoms with Crippen LogP contribution in [0, 0.1) is 0 Å². The van der Waals surface area contributed by atoms with Crippen LogP contribution < -0.4 is 0 Å². The van der Waals surface area contributed by atoms with Gasteiger partial charge in [0.2, 0.25) is 0 Å². The Bertz CT molecular complexity index is 3930. The van der Waals surface area contributed by atoms with Gasteiger partial charge in [0.05, 0.1) is 33.6 Å². The van der Waals surface area contributed by atoms with Crippen molar-refractivity contribution >= 4 is 54.3 Å². The minimum atomic E-state index is 0.685. The second kappa shape index (κ2) is 15.9. The van der Waals surface area contributed by atoms with Crippen molar-refractivity contribution < 1.29 is 0 Å². The second-order valence-corrected chi connectivity index (χ2v) is 17.1. The predicted octanol–water partition coefficient (Wildman–Crippen LogP) is 16.4. The van der Waals surface area contributed by atoms with Gasteiger partial charge in [-0.2, -0.15) is 0 Å². The Balaban J connectivity index is 0.932. The number of hydrogen-bond acceptors (Lipinski definition) is 3. The van der Waals surface area contributed by atoms with Crippen molar-refractivity contribution in [2.45, 2.75) is 0 Å². The van der Waals surface area contributed by atoms with E-state index in [0.29, 0.717) is 5.82 Å². The van der Waals surface area contributed by atoms with E-state index < -0.39 is 0 Å². The average molecular weight is 853 g/mol. The molecule has 0 spiro atoms. The van der Waals surface area contributed by atoms with E-state index in [1.165, 1.54) is 43.5 Å². The smallest absolute Gasteiger partial charge is 0.160 e. The monoisotopic (exact) mass is 852 g/mol. The van der Waals surface area contributed by atoms with Crippen molar-refractivity contribution in [1.29, 1.82) is 0 Å². The van der Waals surface area contributed by atoms with Gasteiger partial charge >= 0.3 is 0 Å². The molecule has 0 amide bonds. The largest absolute Gasteiger partial charge is 0.309 e. The first kappa shape index (κ1) is 38.5. The summed E-state index contributed by atoms with van der Waals surface area (Å²) < 4.78 is 2.37. The molecule has 0 radical (unpaired) electrons. The molecule has 67 heavy (non-hydrogen) atoms. The van der Waals surface area contributed by atoms with Gasteiger partial charge in [-0.1, -0.05) is 212 Å². The lowest BCUT2D eigenvalue weighted by Crippen LogP contribution is -1.96. The molecular formula is C63H40N4. The zero-order valence-corrected chi connectivity index (χ0v) is 36.4. The maximum Gasteiger partial charge on any atom is 0.160 e. The lowest BCUT2D eigenvalue weighted by Gasteiger charge is -2.16. The van der Waals surface area contributed by atoms with Crippen LogP contribution >= 0.6 is 0 Å². The van der Waals surface area contributed by atoms with Crippen LogP contribution in [-0.2, 0) is 0 Å². The number of hydrogen-bond donors (Lipinski definition) is 0. The average Bonchev–Trinajstić information content (AvgIpc) is 3.75. The molecule has 13 aromatic rings.